The Kier molecular flexibility index (Phi) is 3.89. The van der Waals surface area contributed by atoms with Crippen LogP contribution in [0.15, 0.2) is 0 Å². The second-order valence-electron chi connectivity index (χ2n) is 5.23. The van der Waals surface area contributed by atoms with Gasteiger partial charge >= 0.3 is 0 Å². The molecule has 5 heteroatoms. The summed E-state index contributed by atoms with van der Waals surface area (Å²) in [5, 5.41) is 4.48. The second-order valence-corrected chi connectivity index (χ2v) is 6.31. The highest BCUT2D eigenvalue weighted by atomic mass is 32.1. The topological polar surface area (TPSA) is 47.0 Å². The maximum absolute atomic E-state index is 5.55. The molecule has 4 nitrogen and oxygen atoms in total. The average Bonchev–Trinajstić information content (AvgIpc) is 3.03. The van der Waals surface area contributed by atoms with Crippen LogP contribution in [-0.4, -0.2) is 24.1 Å². The van der Waals surface area contributed by atoms with Gasteiger partial charge in [-0.05, 0) is 31.2 Å². The summed E-state index contributed by atoms with van der Waals surface area (Å²) in [5.41, 5.74) is 1.46. The van der Waals surface area contributed by atoms with E-state index in [1.54, 1.807) is 7.11 Å². The van der Waals surface area contributed by atoms with Crippen molar-refractivity contribution in [1.29, 1.82) is 0 Å². The first-order valence-electron chi connectivity index (χ1n) is 7.31. The Hall–Kier alpha value is -1.20. The van der Waals surface area contributed by atoms with Crippen molar-refractivity contribution in [1.82, 2.24) is 9.97 Å². The van der Waals surface area contributed by atoms with E-state index in [1.165, 1.54) is 28.7 Å². The molecule has 1 unspecified atom stereocenters. The van der Waals surface area contributed by atoms with Crippen LogP contribution >= 0.6 is 11.3 Å². The number of nitrogens with one attached hydrogen (secondary N) is 1. The predicted molar refractivity (Wildman–Crippen MR) is 83.6 cm³/mol. The molecule has 1 aliphatic carbocycles. The van der Waals surface area contributed by atoms with Gasteiger partial charge in [-0.3, -0.25) is 0 Å². The van der Waals surface area contributed by atoms with Crippen LogP contribution in [0.5, 0.6) is 0 Å². The fraction of sp³-hybridized carbons (Fsp3) is 0.600. The van der Waals surface area contributed by atoms with E-state index in [4.69, 9.17) is 14.7 Å². The number of rotatable bonds is 5. The SMILES string of the molecule is CCCC(OC)c1nc(NC)c2c3c(sc2n1)CCC3. The molecule has 108 valence electrons. The molecule has 0 aliphatic heterocycles. The normalized spacial score (nSPS) is 15.6. The molecule has 0 bridgehead atoms. The fourth-order valence-electron chi connectivity index (χ4n) is 2.95. The summed E-state index contributed by atoms with van der Waals surface area (Å²) in [6.45, 7) is 2.16. The predicted octanol–water partition coefficient (Wildman–Crippen LogP) is 3.71. The molecular formula is C15H21N3OS. The van der Waals surface area contributed by atoms with E-state index in [0.29, 0.717) is 0 Å². The van der Waals surface area contributed by atoms with Crippen molar-refractivity contribution in [2.45, 2.75) is 45.1 Å². The van der Waals surface area contributed by atoms with Crippen molar-refractivity contribution in [3.63, 3.8) is 0 Å². The summed E-state index contributed by atoms with van der Waals surface area (Å²) in [6.07, 6.45) is 5.63. The first-order valence-corrected chi connectivity index (χ1v) is 8.12. The van der Waals surface area contributed by atoms with E-state index in [9.17, 15) is 0 Å². The Balaban J connectivity index is 2.13. The van der Waals surface area contributed by atoms with E-state index in [-0.39, 0.29) is 6.10 Å². The minimum atomic E-state index is -0.00607. The molecule has 0 saturated carbocycles. The van der Waals surface area contributed by atoms with Crippen molar-refractivity contribution in [2.75, 3.05) is 19.5 Å². The standard InChI is InChI=1S/C15H21N3OS/c1-4-6-10(19-3)13-17-14(16-2)12-9-7-5-8-11(9)20-15(12)18-13/h10H,4-8H2,1-3H3,(H,16,17,18). The van der Waals surface area contributed by atoms with Gasteiger partial charge in [0.25, 0.3) is 0 Å². The van der Waals surface area contributed by atoms with Crippen LogP contribution in [0.1, 0.15) is 48.6 Å². The maximum Gasteiger partial charge on any atom is 0.161 e. The fourth-order valence-corrected chi connectivity index (χ4v) is 4.22. The lowest BCUT2D eigenvalue weighted by Gasteiger charge is -2.14. The molecule has 0 aromatic carbocycles. The number of fused-ring (bicyclic) bond motifs is 3. The van der Waals surface area contributed by atoms with Crippen molar-refractivity contribution >= 4 is 27.4 Å². The lowest BCUT2D eigenvalue weighted by molar-refractivity contribution is 0.0881. The Morgan fingerprint density at radius 2 is 2.20 bits per heavy atom. The van der Waals surface area contributed by atoms with Crippen molar-refractivity contribution in [3.8, 4) is 0 Å². The number of hydrogen-bond donors (Lipinski definition) is 1. The lowest BCUT2D eigenvalue weighted by atomic mass is 10.1. The molecule has 0 amide bonds. The Morgan fingerprint density at radius 3 is 2.90 bits per heavy atom. The number of aromatic nitrogens is 2. The number of ether oxygens (including phenoxy) is 1. The molecule has 0 saturated heterocycles. The van der Waals surface area contributed by atoms with Crippen molar-refractivity contribution in [2.24, 2.45) is 0 Å². The van der Waals surface area contributed by atoms with Crippen LogP contribution in [0.25, 0.3) is 10.2 Å². The maximum atomic E-state index is 5.55. The number of aryl methyl sites for hydroxylation is 2. The minimum Gasteiger partial charge on any atom is -0.373 e. The Bertz CT molecular complexity index is 623. The summed E-state index contributed by atoms with van der Waals surface area (Å²) < 4.78 is 5.55. The van der Waals surface area contributed by atoms with Gasteiger partial charge in [0, 0.05) is 19.0 Å². The van der Waals surface area contributed by atoms with E-state index >= 15 is 0 Å². The van der Waals surface area contributed by atoms with E-state index < -0.39 is 0 Å². The summed E-state index contributed by atoms with van der Waals surface area (Å²) in [5.74, 6) is 1.77. The Labute approximate surface area is 123 Å². The van der Waals surface area contributed by atoms with Crippen LogP contribution in [0, 0.1) is 0 Å². The lowest BCUT2D eigenvalue weighted by Crippen LogP contribution is -2.08. The van der Waals surface area contributed by atoms with Crippen molar-refractivity contribution < 1.29 is 4.74 Å². The second kappa shape index (κ2) is 5.66. The molecular weight excluding hydrogens is 270 g/mol. The first kappa shape index (κ1) is 13.8. The third-order valence-corrected chi connectivity index (χ3v) is 5.13. The smallest absolute Gasteiger partial charge is 0.161 e. The number of methoxy groups -OCH3 is 1. The van der Waals surface area contributed by atoms with Crippen LogP contribution in [0.3, 0.4) is 0 Å². The average molecular weight is 291 g/mol. The zero-order chi connectivity index (χ0) is 14.1. The van der Waals surface area contributed by atoms with Gasteiger partial charge in [-0.15, -0.1) is 11.3 Å². The molecule has 2 heterocycles. The van der Waals surface area contributed by atoms with Gasteiger partial charge in [-0.1, -0.05) is 13.3 Å². The van der Waals surface area contributed by atoms with Gasteiger partial charge in [0.05, 0.1) is 5.39 Å². The third kappa shape index (κ3) is 2.19. The van der Waals surface area contributed by atoms with Gasteiger partial charge in [0.1, 0.15) is 16.8 Å². The first-order chi connectivity index (χ1) is 9.78. The van der Waals surface area contributed by atoms with Gasteiger partial charge in [-0.25, -0.2) is 9.97 Å². The quantitative estimate of drug-likeness (QED) is 0.912. The molecule has 0 fully saturated rings. The molecule has 0 spiro atoms. The van der Waals surface area contributed by atoms with E-state index in [1.807, 2.05) is 18.4 Å². The molecule has 2 aromatic rings. The molecule has 3 rings (SSSR count). The molecule has 20 heavy (non-hydrogen) atoms. The summed E-state index contributed by atoms with van der Waals surface area (Å²) in [6, 6.07) is 0. The summed E-state index contributed by atoms with van der Waals surface area (Å²) in [4.78, 5) is 12.1. The molecule has 1 aliphatic rings. The molecule has 2 aromatic heterocycles. The van der Waals surface area contributed by atoms with Crippen LogP contribution in [0.2, 0.25) is 0 Å². The van der Waals surface area contributed by atoms with Gasteiger partial charge in [0.2, 0.25) is 0 Å². The summed E-state index contributed by atoms with van der Waals surface area (Å²) in [7, 11) is 3.67. The number of nitrogens with zero attached hydrogens (tertiary/aromatic N) is 2. The highest BCUT2D eigenvalue weighted by molar-refractivity contribution is 7.19. The van der Waals surface area contributed by atoms with Gasteiger partial charge in [-0.2, -0.15) is 0 Å². The monoisotopic (exact) mass is 291 g/mol. The molecule has 1 N–H and O–H groups in total. The van der Waals surface area contributed by atoms with Crippen LogP contribution < -0.4 is 5.32 Å². The third-order valence-electron chi connectivity index (χ3n) is 3.94. The van der Waals surface area contributed by atoms with E-state index in [2.05, 4.69) is 12.2 Å². The minimum absolute atomic E-state index is 0.00607. The highest BCUT2D eigenvalue weighted by Crippen LogP contribution is 2.40. The number of anilines is 1. The van der Waals surface area contributed by atoms with Gasteiger partial charge < -0.3 is 10.1 Å². The zero-order valence-electron chi connectivity index (χ0n) is 12.3. The molecule has 0 radical (unpaired) electrons. The summed E-state index contributed by atoms with van der Waals surface area (Å²) >= 11 is 1.83. The van der Waals surface area contributed by atoms with E-state index in [0.717, 1.165) is 35.7 Å². The van der Waals surface area contributed by atoms with Crippen LogP contribution in [0.4, 0.5) is 5.82 Å². The van der Waals surface area contributed by atoms with Gasteiger partial charge in [0.15, 0.2) is 5.82 Å². The Morgan fingerprint density at radius 1 is 1.35 bits per heavy atom. The van der Waals surface area contributed by atoms with Crippen LogP contribution in [-0.2, 0) is 17.6 Å². The number of thiophene rings is 1. The molecule has 1 atom stereocenters. The highest BCUT2D eigenvalue weighted by Gasteiger charge is 2.23. The zero-order valence-corrected chi connectivity index (χ0v) is 13.1. The largest absolute Gasteiger partial charge is 0.373 e. The number of hydrogen-bond acceptors (Lipinski definition) is 5. The van der Waals surface area contributed by atoms with Crippen molar-refractivity contribution in [3.05, 3.63) is 16.3 Å².